The van der Waals surface area contributed by atoms with Crippen molar-refractivity contribution < 1.29 is 28.6 Å². The number of ether oxygens (including phenoxy) is 3. The summed E-state index contributed by atoms with van der Waals surface area (Å²) in [5.74, 6) is -0.820. The van der Waals surface area contributed by atoms with Gasteiger partial charge in [0, 0.05) is 28.2 Å². The highest BCUT2D eigenvalue weighted by molar-refractivity contribution is 9.10. The van der Waals surface area contributed by atoms with Gasteiger partial charge in [-0.05, 0) is 50.3 Å². The molecule has 10 nitrogen and oxygen atoms in total. The largest absolute Gasteiger partial charge is 0.483 e. The zero-order valence-corrected chi connectivity index (χ0v) is 22.7. The van der Waals surface area contributed by atoms with Gasteiger partial charge >= 0.3 is 11.9 Å². The lowest BCUT2D eigenvalue weighted by atomic mass is 9.95. The maximum Gasteiger partial charge on any atom is 0.338 e. The van der Waals surface area contributed by atoms with Gasteiger partial charge in [0.2, 0.25) is 0 Å². The molecule has 0 saturated heterocycles. The molecule has 0 fully saturated rings. The summed E-state index contributed by atoms with van der Waals surface area (Å²) in [6.45, 7) is 4.62. The van der Waals surface area contributed by atoms with E-state index >= 15 is 0 Å². The summed E-state index contributed by atoms with van der Waals surface area (Å²) >= 11 is 8.63. The second kappa shape index (κ2) is 13.0. The molecule has 3 rings (SSSR count). The predicted molar refractivity (Wildman–Crippen MR) is 144 cm³/mol. The lowest BCUT2D eigenvalue weighted by Crippen LogP contribution is -2.45. The Morgan fingerprint density at radius 1 is 1.19 bits per heavy atom. The topological polar surface area (TPSA) is 127 Å². The van der Waals surface area contributed by atoms with Crippen molar-refractivity contribution in [2.75, 3.05) is 13.2 Å². The lowest BCUT2D eigenvalue weighted by molar-refractivity contribution is -0.139. The number of hydrazone groups is 1. The van der Waals surface area contributed by atoms with E-state index in [0.29, 0.717) is 39.0 Å². The van der Waals surface area contributed by atoms with Gasteiger partial charge in [-0.15, -0.1) is 0 Å². The summed E-state index contributed by atoms with van der Waals surface area (Å²) in [4.78, 5) is 36.4. The number of hydrogen-bond donors (Lipinski definition) is 3. The van der Waals surface area contributed by atoms with Gasteiger partial charge in [0.25, 0.3) is 5.91 Å². The van der Waals surface area contributed by atoms with Crippen LogP contribution in [-0.2, 0) is 19.1 Å². The molecule has 0 radical (unpaired) electrons. The number of carbonyl (C=O) groups excluding carboxylic acids is 3. The summed E-state index contributed by atoms with van der Waals surface area (Å²) in [5.41, 5.74) is 4.39. The molecule has 0 spiro atoms. The molecule has 0 aliphatic carbocycles. The van der Waals surface area contributed by atoms with E-state index in [0.717, 1.165) is 4.47 Å². The van der Waals surface area contributed by atoms with Crippen LogP contribution in [0.15, 0.2) is 63.3 Å². The normalized spacial score (nSPS) is 15.0. The third-order valence-electron chi connectivity index (χ3n) is 4.97. The molecule has 12 heteroatoms. The Morgan fingerprint density at radius 3 is 2.68 bits per heavy atom. The van der Waals surface area contributed by atoms with Gasteiger partial charge in [-0.2, -0.15) is 5.10 Å². The molecule has 0 unspecified atom stereocenters. The Balaban J connectivity index is 1.72. The second-order valence-electron chi connectivity index (χ2n) is 7.69. The van der Waals surface area contributed by atoms with Gasteiger partial charge in [0.05, 0.1) is 24.4 Å². The fourth-order valence-corrected chi connectivity index (χ4v) is 4.12. The van der Waals surface area contributed by atoms with Crippen LogP contribution in [0, 0.1) is 0 Å². The SMILES string of the molecule is CCOC(=O)C1=C(C)NC(=S)N[C@@H]1c1ccccc1OCC(=O)NN=Cc1cc(Br)ccc1OC(C)=O. The zero-order chi connectivity index (χ0) is 26.9. The maximum atomic E-state index is 12.7. The van der Waals surface area contributed by atoms with Gasteiger partial charge in [0.1, 0.15) is 11.5 Å². The summed E-state index contributed by atoms with van der Waals surface area (Å²) in [6.07, 6.45) is 1.36. The molecule has 1 aliphatic heterocycles. The Bertz CT molecular complexity index is 1280. The highest BCUT2D eigenvalue weighted by atomic mass is 79.9. The fourth-order valence-electron chi connectivity index (χ4n) is 3.47. The number of hydrogen-bond acceptors (Lipinski definition) is 8. The maximum absolute atomic E-state index is 12.7. The number of para-hydroxylation sites is 1. The summed E-state index contributed by atoms with van der Waals surface area (Å²) < 4.78 is 16.9. The van der Waals surface area contributed by atoms with Crippen LogP contribution in [0.1, 0.15) is 37.9 Å². The average Bonchev–Trinajstić information content (AvgIpc) is 2.84. The zero-order valence-electron chi connectivity index (χ0n) is 20.3. The number of rotatable bonds is 9. The molecule has 194 valence electrons. The van der Waals surface area contributed by atoms with E-state index in [9.17, 15) is 14.4 Å². The molecule has 0 bridgehead atoms. The molecule has 37 heavy (non-hydrogen) atoms. The van der Waals surface area contributed by atoms with Gasteiger partial charge in [-0.25, -0.2) is 10.2 Å². The van der Waals surface area contributed by atoms with Crippen LogP contribution >= 0.6 is 28.1 Å². The quantitative estimate of drug-likeness (QED) is 0.133. The van der Waals surface area contributed by atoms with Crippen molar-refractivity contribution in [1.82, 2.24) is 16.1 Å². The molecule has 1 aliphatic rings. The van der Waals surface area contributed by atoms with Gasteiger partial charge < -0.3 is 24.8 Å². The molecule has 2 aromatic rings. The summed E-state index contributed by atoms with van der Waals surface area (Å²) in [7, 11) is 0. The molecule has 3 N–H and O–H groups in total. The van der Waals surface area contributed by atoms with E-state index < -0.39 is 23.9 Å². The summed E-state index contributed by atoms with van der Waals surface area (Å²) in [6, 6.07) is 11.4. The Kier molecular flexibility index (Phi) is 9.75. The van der Waals surface area contributed by atoms with E-state index in [4.69, 9.17) is 26.4 Å². The van der Waals surface area contributed by atoms with Crippen molar-refractivity contribution in [3.63, 3.8) is 0 Å². The molecule has 1 amide bonds. The van der Waals surface area contributed by atoms with E-state index in [1.54, 1.807) is 56.3 Å². The second-order valence-corrected chi connectivity index (χ2v) is 9.01. The van der Waals surface area contributed by atoms with Gasteiger partial charge in [0.15, 0.2) is 11.7 Å². The van der Waals surface area contributed by atoms with Crippen LogP contribution < -0.4 is 25.5 Å². The van der Waals surface area contributed by atoms with E-state index in [-0.39, 0.29) is 13.2 Å². The van der Waals surface area contributed by atoms with Crippen LogP contribution in [-0.4, -0.2) is 42.4 Å². The minimum atomic E-state index is -0.638. The van der Waals surface area contributed by atoms with Crippen molar-refractivity contribution in [1.29, 1.82) is 0 Å². The highest BCUT2D eigenvalue weighted by Gasteiger charge is 2.32. The van der Waals surface area contributed by atoms with Crippen molar-refractivity contribution in [3.8, 4) is 11.5 Å². The molecular weight excluding hydrogens is 564 g/mol. The number of nitrogens with zero attached hydrogens (tertiary/aromatic N) is 1. The summed E-state index contributed by atoms with van der Waals surface area (Å²) in [5, 5.41) is 10.3. The first-order chi connectivity index (χ1) is 17.7. The lowest BCUT2D eigenvalue weighted by Gasteiger charge is -2.30. The predicted octanol–water partition coefficient (Wildman–Crippen LogP) is 3.26. The molecule has 0 aromatic heterocycles. The first kappa shape index (κ1) is 27.8. The van der Waals surface area contributed by atoms with Crippen LogP contribution in [0.4, 0.5) is 0 Å². The van der Waals surface area contributed by atoms with E-state index in [1.807, 2.05) is 0 Å². The fraction of sp³-hybridized carbons (Fsp3) is 0.240. The number of nitrogens with one attached hydrogen (secondary N) is 3. The Hall–Kier alpha value is -3.77. The first-order valence-electron chi connectivity index (χ1n) is 11.2. The third kappa shape index (κ3) is 7.61. The third-order valence-corrected chi connectivity index (χ3v) is 5.68. The minimum absolute atomic E-state index is 0.216. The minimum Gasteiger partial charge on any atom is -0.483 e. The number of amides is 1. The van der Waals surface area contributed by atoms with Gasteiger partial charge in [-0.3, -0.25) is 9.59 Å². The molecule has 0 saturated carbocycles. The smallest absolute Gasteiger partial charge is 0.338 e. The van der Waals surface area contributed by atoms with Crippen LogP contribution in [0.2, 0.25) is 0 Å². The Morgan fingerprint density at radius 2 is 1.95 bits per heavy atom. The first-order valence-corrected chi connectivity index (χ1v) is 12.4. The Labute approximate surface area is 227 Å². The standard InChI is InChI=1S/C25H25BrN4O6S/c1-4-34-24(33)22-14(2)28-25(37)29-23(22)18-7-5-6-8-20(18)35-13-21(32)30-27-12-16-11-17(26)9-10-19(16)36-15(3)31/h5-12,23H,4,13H2,1-3H3,(H,30,32)(H2,28,29,37)/t23-/m1/s1. The van der Waals surface area contributed by atoms with Crippen molar-refractivity contribution in [3.05, 3.63) is 69.3 Å². The number of esters is 2. The molecule has 1 heterocycles. The number of thiocarbonyl (C=S) groups is 1. The van der Waals surface area contributed by atoms with E-state index in [1.165, 1.54) is 13.1 Å². The van der Waals surface area contributed by atoms with Crippen molar-refractivity contribution >= 4 is 57.3 Å². The monoisotopic (exact) mass is 588 g/mol. The number of carbonyl (C=O) groups is 3. The van der Waals surface area contributed by atoms with Crippen molar-refractivity contribution in [2.45, 2.75) is 26.8 Å². The molecule has 2 aromatic carbocycles. The average molecular weight is 589 g/mol. The van der Waals surface area contributed by atoms with Crippen LogP contribution in [0.25, 0.3) is 0 Å². The van der Waals surface area contributed by atoms with E-state index in [2.05, 4.69) is 37.1 Å². The molecular formula is C25H25BrN4O6S. The van der Waals surface area contributed by atoms with Crippen molar-refractivity contribution in [2.24, 2.45) is 5.10 Å². The molecule has 1 atom stereocenters. The van der Waals surface area contributed by atoms with Crippen LogP contribution in [0.5, 0.6) is 11.5 Å². The number of halogens is 1. The van der Waals surface area contributed by atoms with Gasteiger partial charge in [-0.1, -0.05) is 34.1 Å². The number of benzene rings is 2. The highest BCUT2D eigenvalue weighted by Crippen LogP contribution is 2.33. The number of allylic oxidation sites excluding steroid dienone is 1. The van der Waals surface area contributed by atoms with Crippen LogP contribution in [0.3, 0.4) is 0 Å².